The van der Waals surface area contributed by atoms with Crippen molar-refractivity contribution in [3.05, 3.63) is 29.3 Å². The Kier molecular flexibility index (Phi) is 9.32. The van der Waals surface area contributed by atoms with Gasteiger partial charge in [0.15, 0.2) is 0 Å². The van der Waals surface area contributed by atoms with Gasteiger partial charge in [-0.15, -0.1) is 0 Å². The largest absolute Gasteiger partial charge is 0.508 e. The number of carbonyl (C=O) groups is 3. The summed E-state index contributed by atoms with van der Waals surface area (Å²) < 4.78 is 5.25. The Morgan fingerprint density at radius 1 is 1.26 bits per heavy atom. The molecule has 1 aromatic carbocycles. The van der Waals surface area contributed by atoms with Crippen molar-refractivity contribution in [2.24, 2.45) is 5.92 Å². The van der Waals surface area contributed by atoms with Gasteiger partial charge in [-0.3, -0.25) is 9.59 Å². The summed E-state index contributed by atoms with van der Waals surface area (Å²) in [5, 5.41) is 25.3. The zero-order valence-electron chi connectivity index (χ0n) is 21.1. The first-order valence-electron chi connectivity index (χ1n) is 11.9. The van der Waals surface area contributed by atoms with Crippen LogP contribution in [0.3, 0.4) is 0 Å². The molecule has 34 heavy (non-hydrogen) atoms. The highest BCUT2D eigenvalue weighted by Gasteiger charge is 2.48. The van der Waals surface area contributed by atoms with E-state index in [0.717, 1.165) is 12.8 Å². The van der Waals surface area contributed by atoms with E-state index in [0.29, 0.717) is 24.1 Å². The molecule has 1 aromatic rings. The lowest BCUT2D eigenvalue weighted by Crippen LogP contribution is -2.55. The van der Waals surface area contributed by atoms with Crippen molar-refractivity contribution in [1.82, 2.24) is 15.5 Å². The Bertz CT molecular complexity index is 882. The number of carbonyl (C=O) groups excluding carboxylic acids is 3. The van der Waals surface area contributed by atoms with E-state index < -0.39 is 36.3 Å². The number of aromatic hydroxyl groups is 1. The minimum Gasteiger partial charge on any atom is -0.508 e. The van der Waals surface area contributed by atoms with E-state index in [1.807, 2.05) is 13.8 Å². The number of alkyl carbamates (subject to hydrolysis) is 1. The van der Waals surface area contributed by atoms with Gasteiger partial charge in [0.2, 0.25) is 11.8 Å². The molecule has 0 radical (unpaired) electrons. The van der Waals surface area contributed by atoms with Gasteiger partial charge in [-0.05, 0) is 69.7 Å². The first kappa shape index (κ1) is 27.4. The van der Waals surface area contributed by atoms with Gasteiger partial charge in [-0.2, -0.15) is 0 Å². The summed E-state index contributed by atoms with van der Waals surface area (Å²) in [4.78, 5) is 40.8. The summed E-state index contributed by atoms with van der Waals surface area (Å²) >= 11 is 0. The number of nitrogens with zero attached hydrogens (tertiary/aromatic N) is 1. The average molecular weight is 478 g/mol. The highest BCUT2D eigenvalue weighted by atomic mass is 16.6. The molecular formula is C25H39N3O6. The van der Waals surface area contributed by atoms with Crippen LogP contribution in [0.2, 0.25) is 0 Å². The minimum atomic E-state index is -1.27. The topological polar surface area (TPSA) is 128 Å². The SMILES string of the molecule is CCCCNC(=O)C(c1ccc(O)c(C)c1)N(C(=O)C(CO)NC(=O)OC(C)(C)C)C1CC1C. The van der Waals surface area contributed by atoms with Crippen LogP contribution in [-0.4, -0.2) is 63.9 Å². The Morgan fingerprint density at radius 3 is 2.41 bits per heavy atom. The van der Waals surface area contributed by atoms with Gasteiger partial charge >= 0.3 is 6.09 Å². The standard InChI is InChI=1S/C25H39N3O6/c1-7-8-11-26-22(31)21(17-9-10-20(30)16(3)12-17)28(19-13-15(19)2)23(32)18(14-29)27-24(33)34-25(4,5)6/h9-10,12,15,18-19,21,29-30H,7-8,11,13-14H2,1-6H3,(H,26,31)(H,27,33). The predicted molar refractivity (Wildman–Crippen MR) is 128 cm³/mol. The highest BCUT2D eigenvalue weighted by molar-refractivity contribution is 5.92. The molecule has 0 aliphatic heterocycles. The lowest BCUT2D eigenvalue weighted by Gasteiger charge is -2.34. The third-order valence-electron chi connectivity index (χ3n) is 5.74. The maximum absolute atomic E-state index is 13.7. The summed E-state index contributed by atoms with van der Waals surface area (Å²) in [6, 6.07) is 2.33. The Morgan fingerprint density at radius 2 is 1.91 bits per heavy atom. The lowest BCUT2D eigenvalue weighted by molar-refractivity contribution is -0.144. The number of ether oxygens (including phenoxy) is 1. The predicted octanol–water partition coefficient (Wildman–Crippen LogP) is 2.78. The Hall–Kier alpha value is -2.81. The third-order valence-corrected chi connectivity index (χ3v) is 5.74. The number of hydrogen-bond acceptors (Lipinski definition) is 6. The fourth-order valence-electron chi connectivity index (χ4n) is 3.76. The normalized spacial score (nSPS) is 19.0. The van der Waals surface area contributed by atoms with Gasteiger partial charge in [0, 0.05) is 12.6 Å². The molecule has 0 saturated heterocycles. The Balaban J connectivity index is 2.42. The number of unbranched alkanes of at least 4 members (excludes halogenated alkanes) is 1. The fraction of sp³-hybridized carbons (Fsp3) is 0.640. The molecule has 0 aromatic heterocycles. The third kappa shape index (κ3) is 7.35. The van der Waals surface area contributed by atoms with Gasteiger partial charge < -0.3 is 30.5 Å². The maximum Gasteiger partial charge on any atom is 0.408 e. The molecule has 4 N–H and O–H groups in total. The van der Waals surface area contributed by atoms with Gasteiger partial charge in [0.05, 0.1) is 6.61 Å². The number of aliphatic hydroxyl groups is 1. The number of amides is 3. The lowest BCUT2D eigenvalue weighted by atomic mass is 10.00. The smallest absolute Gasteiger partial charge is 0.408 e. The molecule has 0 bridgehead atoms. The second kappa shape index (κ2) is 11.6. The average Bonchev–Trinajstić information content (AvgIpc) is 3.46. The molecular weight excluding hydrogens is 438 g/mol. The first-order valence-corrected chi connectivity index (χ1v) is 11.9. The zero-order chi connectivity index (χ0) is 25.6. The van der Waals surface area contributed by atoms with Gasteiger partial charge in [0.25, 0.3) is 0 Å². The summed E-state index contributed by atoms with van der Waals surface area (Å²) in [6.07, 6.45) is 1.57. The van der Waals surface area contributed by atoms with Crippen molar-refractivity contribution in [3.8, 4) is 5.75 Å². The van der Waals surface area contributed by atoms with E-state index in [1.54, 1.807) is 39.8 Å². The van der Waals surface area contributed by atoms with E-state index >= 15 is 0 Å². The van der Waals surface area contributed by atoms with Crippen molar-refractivity contribution in [2.75, 3.05) is 13.2 Å². The second-order valence-electron chi connectivity index (χ2n) is 10.0. The number of rotatable bonds is 10. The molecule has 1 aliphatic carbocycles. The van der Waals surface area contributed by atoms with Crippen LogP contribution < -0.4 is 10.6 Å². The minimum absolute atomic E-state index is 0.0892. The van der Waals surface area contributed by atoms with Crippen molar-refractivity contribution in [1.29, 1.82) is 0 Å². The molecule has 190 valence electrons. The number of benzene rings is 1. The molecule has 3 amide bonds. The monoisotopic (exact) mass is 477 g/mol. The summed E-state index contributed by atoms with van der Waals surface area (Å²) in [5.74, 6) is -0.663. The van der Waals surface area contributed by atoms with E-state index in [2.05, 4.69) is 10.6 Å². The van der Waals surface area contributed by atoms with Crippen LogP contribution in [-0.2, 0) is 14.3 Å². The van der Waals surface area contributed by atoms with E-state index in [4.69, 9.17) is 4.74 Å². The van der Waals surface area contributed by atoms with Crippen LogP contribution in [0.1, 0.15) is 71.0 Å². The van der Waals surface area contributed by atoms with Crippen LogP contribution >= 0.6 is 0 Å². The van der Waals surface area contributed by atoms with Crippen molar-refractivity contribution in [2.45, 2.75) is 84.5 Å². The number of phenols is 1. The number of phenolic OH excluding ortho intramolecular Hbond substituents is 1. The molecule has 0 spiro atoms. The second-order valence-corrected chi connectivity index (χ2v) is 10.0. The molecule has 1 saturated carbocycles. The van der Waals surface area contributed by atoms with Gasteiger partial charge in [0.1, 0.15) is 23.4 Å². The summed E-state index contributed by atoms with van der Waals surface area (Å²) in [7, 11) is 0. The van der Waals surface area contributed by atoms with Crippen molar-refractivity contribution in [3.63, 3.8) is 0 Å². The number of aryl methyl sites for hydroxylation is 1. The van der Waals surface area contributed by atoms with Crippen LogP contribution in [0.15, 0.2) is 18.2 Å². The van der Waals surface area contributed by atoms with Crippen molar-refractivity contribution >= 4 is 17.9 Å². The molecule has 9 nitrogen and oxygen atoms in total. The molecule has 0 heterocycles. The summed E-state index contributed by atoms with van der Waals surface area (Å²) in [5.41, 5.74) is 0.347. The van der Waals surface area contributed by atoms with E-state index in [9.17, 15) is 24.6 Å². The molecule has 2 rings (SSSR count). The van der Waals surface area contributed by atoms with Crippen LogP contribution in [0, 0.1) is 12.8 Å². The van der Waals surface area contributed by atoms with E-state index in [1.165, 1.54) is 11.0 Å². The van der Waals surface area contributed by atoms with Crippen LogP contribution in [0.4, 0.5) is 4.79 Å². The van der Waals surface area contributed by atoms with Gasteiger partial charge in [-0.1, -0.05) is 26.3 Å². The quantitative estimate of drug-likeness (QED) is 0.384. The first-order chi connectivity index (χ1) is 15.9. The molecule has 1 fully saturated rings. The fourth-order valence-corrected chi connectivity index (χ4v) is 3.76. The van der Waals surface area contributed by atoms with E-state index in [-0.39, 0.29) is 23.6 Å². The van der Waals surface area contributed by atoms with Gasteiger partial charge in [-0.25, -0.2) is 4.79 Å². The molecule has 9 heteroatoms. The number of hydrogen-bond donors (Lipinski definition) is 4. The van der Waals surface area contributed by atoms with Crippen LogP contribution in [0.25, 0.3) is 0 Å². The van der Waals surface area contributed by atoms with Crippen LogP contribution in [0.5, 0.6) is 5.75 Å². The maximum atomic E-state index is 13.7. The highest BCUT2D eigenvalue weighted by Crippen LogP contribution is 2.41. The molecule has 4 unspecified atom stereocenters. The number of aliphatic hydroxyl groups excluding tert-OH is 1. The Labute approximate surface area is 201 Å². The molecule has 4 atom stereocenters. The zero-order valence-corrected chi connectivity index (χ0v) is 21.1. The molecule has 1 aliphatic rings. The summed E-state index contributed by atoms with van der Waals surface area (Å²) in [6.45, 7) is 10.6. The number of nitrogens with one attached hydrogen (secondary N) is 2. The van der Waals surface area contributed by atoms with Crippen molar-refractivity contribution < 1.29 is 29.3 Å².